The van der Waals surface area contributed by atoms with Gasteiger partial charge < -0.3 is 85.5 Å². The van der Waals surface area contributed by atoms with Crippen molar-refractivity contribution in [3.8, 4) is 0 Å². The Morgan fingerprint density at radius 1 is 0.607 bits per heavy atom. The molecule has 1 aromatic rings. The number of nitrogens with zero attached hydrogens (tertiary/aromatic N) is 1. The summed E-state index contributed by atoms with van der Waals surface area (Å²) in [5.74, 6) is -12.6. The number of hydrogen-bond donors (Lipinski definition) is 15. The van der Waals surface area contributed by atoms with Gasteiger partial charge in [-0.2, -0.15) is 0 Å². The maximum atomic E-state index is 14.5. The standard InChI is InChI=1S/C60H101N15O14/c1-13-22-38-51(80)74-47(34(9)17-5)59(88)89-36(11)48(58(87)66-35(10)49(78)67-38)75-54(83)42(30-76)70-56(85)45(32(7)15-3)73-57(86)46(33(8)16-4)71-52(81)40(26-27-43(61)77)68-50(79)39(25-21-28-65-60(62)63)69-55(84)44(31(6)14-2)72-53(82)41(64-12)29-37-23-19-18-20-24-37/h18-20,23-24,31-36,38-42,44-48,64,76H,13-17,21-22,25-30H2,1-12H3,(H2,61,77)(H,66,87)(H,67,78)(H,68,79)(H,69,84)(H,70,85)(H,71,81)(H,72,82)(H,73,86)(H,74,80)(H,75,83)(H4,62,63,65)/t31-,32-,33+,34-,35-,36-,38-,39-,40+,41+,42-,44-,45-,46+,47-,48+/m0/s1. The fraction of sp³-hybridized carbons (Fsp3) is 0.683. The summed E-state index contributed by atoms with van der Waals surface area (Å²) in [6, 6.07) is -5.49. The molecule has 1 heterocycles. The number of cyclic esters (lactones) is 1. The van der Waals surface area contributed by atoms with Gasteiger partial charge in [-0.1, -0.05) is 125 Å². The lowest BCUT2D eigenvalue weighted by molar-refractivity contribution is -0.157. The third-order valence-corrected chi connectivity index (χ3v) is 16.1. The van der Waals surface area contributed by atoms with Gasteiger partial charge in [-0.25, -0.2) is 4.79 Å². The Labute approximate surface area is 522 Å². The summed E-state index contributed by atoms with van der Waals surface area (Å²) in [4.78, 5) is 170. The maximum absolute atomic E-state index is 14.5. The van der Waals surface area contributed by atoms with Crippen molar-refractivity contribution in [3.63, 3.8) is 0 Å². The molecule has 500 valence electrons. The van der Waals surface area contributed by atoms with Crippen LogP contribution in [0.5, 0.6) is 0 Å². The van der Waals surface area contributed by atoms with E-state index in [1.165, 1.54) is 13.8 Å². The smallest absolute Gasteiger partial charge is 0.329 e. The van der Waals surface area contributed by atoms with Crippen molar-refractivity contribution >= 4 is 76.9 Å². The summed E-state index contributed by atoms with van der Waals surface area (Å²) < 4.78 is 5.70. The number of aliphatic hydroxyl groups excluding tert-OH is 1. The van der Waals surface area contributed by atoms with E-state index in [9.17, 15) is 62.6 Å². The van der Waals surface area contributed by atoms with E-state index in [1.54, 1.807) is 62.4 Å². The van der Waals surface area contributed by atoms with Crippen LogP contribution >= 0.6 is 0 Å². The number of rotatable bonds is 35. The molecule has 1 aliphatic heterocycles. The van der Waals surface area contributed by atoms with Gasteiger partial charge in [0.2, 0.25) is 65.0 Å². The molecule has 0 aromatic heterocycles. The van der Waals surface area contributed by atoms with Crippen LogP contribution in [0.2, 0.25) is 0 Å². The number of aliphatic hydroxyl groups is 1. The molecule has 11 amide bonds. The zero-order chi connectivity index (χ0) is 67.2. The van der Waals surface area contributed by atoms with E-state index in [0.717, 1.165) is 5.56 Å². The number of primary amides is 1. The van der Waals surface area contributed by atoms with Gasteiger partial charge >= 0.3 is 5.97 Å². The molecular weight excluding hydrogens is 1150 g/mol. The highest BCUT2D eigenvalue weighted by atomic mass is 16.5. The van der Waals surface area contributed by atoms with E-state index < -0.39 is 180 Å². The monoisotopic (exact) mass is 1260 g/mol. The zero-order valence-corrected chi connectivity index (χ0v) is 53.8. The molecule has 1 saturated heterocycles. The molecule has 89 heavy (non-hydrogen) atoms. The third-order valence-electron chi connectivity index (χ3n) is 16.1. The summed E-state index contributed by atoms with van der Waals surface area (Å²) in [6.45, 7) is 17.2. The van der Waals surface area contributed by atoms with Gasteiger partial charge in [0.1, 0.15) is 66.5 Å². The van der Waals surface area contributed by atoms with E-state index in [2.05, 4.69) is 63.5 Å². The van der Waals surface area contributed by atoms with E-state index in [0.29, 0.717) is 25.7 Å². The van der Waals surface area contributed by atoms with Crippen LogP contribution in [0.1, 0.15) is 146 Å². The summed E-state index contributed by atoms with van der Waals surface area (Å²) >= 11 is 0. The Morgan fingerprint density at radius 3 is 1.60 bits per heavy atom. The second-order valence-electron chi connectivity index (χ2n) is 23.0. The molecule has 29 nitrogen and oxygen atoms in total. The highest BCUT2D eigenvalue weighted by molar-refractivity contribution is 5.99. The molecule has 2 rings (SSSR count). The minimum absolute atomic E-state index is 0.0406. The van der Waals surface area contributed by atoms with Gasteiger partial charge in [-0.15, -0.1) is 0 Å². The molecule has 0 radical (unpaired) electrons. The Balaban J connectivity index is 2.49. The number of carbonyl (C=O) groups excluding carboxylic acids is 12. The molecule has 16 atom stereocenters. The van der Waals surface area contributed by atoms with Gasteiger partial charge in [-0.3, -0.25) is 57.7 Å². The molecule has 29 heteroatoms. The fourth-order valence-corrected chi connectivity index (χ4v) is 9.47. The number of esters is 1. The van der Waals surface area contributed by atoms with Crippen molar-refractivity contribution in [3.05, 3.63) is 35.9 Å². The van der Waals surface area contributed by atoms with Crippen LogP contribution < -0.4 is 75.7 Å². The van der Waals surface area contributed by atoms with Crippen LogP contribution in [0.15, 0.2) is 35.3 Å². The zero-order valence-electron chi connectivity index (χ0n) is 53.8. The molecule has 0 spiro atoms. The summed E-state index contributed by atoms with van der Waals surface area (Å²) in [5.41, 5.74) is 17.5. The van der Waals surface area contributed by atoms with Crippen molar-refractivity contribution in [1.29, 1.82) is 0 Å². The number of carbonyl (C=O) groups is 12. The predicted molar refractivity (Wildman–Crippen MR) is 332 cm³/mol. The van der Waals surface area contributed by atoms with E-state index in [4.69, 9.17) is 21.9 Å². The quantitative estimate of drug-likeness (QED) is 0.0150. The van der Waals surface area contributed by atoms with Gasteiger partial charge in [0.15, 0.2) is 5.96 Å². The van der Waals surface area contributed by atoms with Crippen molar-refractivity contribution in [2.45, 2.75) is 219 Å². The van der Waals surface area contributed by atoms with E-state index >= 15 is 0 Å². The second kappa shape index (κ2) is 39.1. The van der Waals surface area contributed by atoms with Gasteiger partial charge in [0, 0.05) is 13.0 Å². The van der Waals surface area contributed by atoms with Gasteiger partial charge in [-0.05, 0) is 82.2 Å². The molecule has 0 aliphatic carbocycles. The largest absolute Gasteiger partial charge is 0.458 e. The molecule has 1 fully saturated rings. The normalized spacial score (nSPS) is 20.9. The first kappa shape index (κ1) is 77.1. The number of ether oxygens (including phenoxy) is 1. The van der Waals surface area contributed by atoms with Gasteiger partial charge in [0.05, 0.1) is 12.6 Å². The molecule has 1 aromatic carbocycles. The van der Waals surface area contributed by atoms with Gasteiger partial charge in [0.25, 0.3) is 0 Å². The topological polar surface area (TPSA) is 457 Å². The minimum Gasteiger partial charge on any atom is -0.458 e. The Kier molecular flexibility index (Phi) is 33.9. The lowest BCUT2D eigenvalue weighted by Crippen LogP contribution is -2.63. The Morgan fingerprint density at radius 2 is 1.10 bits per heavy atom. The highest BCUT2D eigenvalue weighted by Gasteiger charge is 2.41. The molecule has 0 unspecified atom stereocenters. The van der Waals surface area contributed by atoms with Crippen LogP contribution in [0.3, 0.4) is 0 Å². The number of nitrogens with one attached hydrogen (secondary N) is 11. The number of hydrogen-bond acceptors (Lipinski definition) is 16. The molecule has 0 bridgehead atoms. The number of likely N-dealkylation sites (N-methyl/N-ethyl adjacent to an activating group) is 1. The Hall–Kier alpha value is -7.95. The van der Waals surface area contributed by atoms with Crippen molar-refractivity contribution < 1.29 is 67.4 Å². The number of aliphatic imine (C=N–C) groups is 1. The van der Waals surface area contributed by atoms with Crippen LogP contribution in [0, 0.1) is 23.7 Å². The number of amides is 11. The first-order valence-electron chi connectivity index (χ1n) is 30.9. The summed E-state index contributed by atoms with van der Waals surface area (Å²) in [6.07, 6.45) is 0.218. The maximum Gasteiger partial charge on any atom is 0.329 e. The van der Waals surface area contributed by atoms with Crippen LogP contribution in [0.25, 0.3) is 0 Å². The second-order valence-corrected chi connectivity index (χ2v) is 23.0. The molecule has 18 N–H and O–H groups in total. The lowest BCUT2D eigenvalue weighted by Gasteiger charge is -2.31. The lowest BCUT2D eigenvalue weighted by atomic mass is 9.94. The predicted octanol–water partition coefficient (Wildman–Crippen LogP) is -2.07. The van der Waals surface area contributed by atoms with Crippen LogP contribution in [0.4, 0.5) is 0 Å². The first-order chi connectivity index (χ1) is 42.0. The summed E-state index contributed by atoms with van der Waals surface area (Å²) in [7, 11) is 1.62. The minimum atomic E-state index is -1.80. The Bertz CT molecular complexity index is 2570. The van der Waals surface area contributed by atoms with Crippen molar-refractivity contribution in [2.75, 3.05) is 20.2 Å². The molecule has 1 aliphatic rings. The van der Waals surface area contributed by atoms with Crippen LogP contribution in [-0.2, 0) is 68.7 Å². The van der Waals surface area contributed by atoms with Crippen molar-refractivity contribution in [1.82, 2.24) is 58.5 Å². The molecule has 0 saturated carbocycles. The SMILES string of the molecule is CCC[C@@H]1NC(=O)[C@H](C)NC(=O)[C@H](NC(=O)[C@H](CO)NC(=O)[C@@H](NC(=O)[C@H](NC(=O)[C@@H](CCC(N)=O)NC(=O)[C@H](CCCN=C(N)N)NC(=O)[C@@H](NC(=O)[C@@H](Cc2ccccc2)NC)[C@@H](C)CC)[C@H](C)CC)[C@@H](C)CC)[C@H](C)OC(=O)[C@H]([C@@H](C)CC)NC1=O. The number of benzene rings is 1. The molecular formula is C60H101N15O14. The number of nitrogens with two attached hydrogens (primary N) is 3. The van der Waals surface area contributed by atoms with Crippen molar-refractivity contribution in [2.24, 2.45) is 45.9 Å². The highest BCUT2D eigenvalue weighted by Crippen LogP contribution is 2.18. The number of guanidine groups is 1. The average Bonchev–Trinajstić information content (AvgIpc) is 3.75. The van der Waals surface area contributed by atoms with E-state index in [1.807, 2.05) is 37.3 Å². The van der Waals surface area contributed by atoms with E-state index in [-0.39, 0.29) is 51.0 Å². The first-order valence-corrected chi connectivity index (χ1v) is 30.9. The third kappa shape index (κ3) is 25.2. The fourth-order valence-electron chi connectivity index (χ4n) is 9.47. The average molecular weight is 1260 g/mol. The summed E-state index contributed by atoms with van der Waals surface area (Å²) in [5, 5.41) is 39.7. The van der Waals surface area contributed by atoms with Crippen LogP contribution in [-0.4, -0.2) is 175 Å².